The molecule has 206 valence electrons. The third-order valence-electron chi connectivity index (χ3n) is 6.77. The number of carbonyl (C=O) groups is 1. The Kier molecular flexibility index (Phi) is 9.77. The van der Waals surface area contributed by atoms with Gasteiger partial charge in [-0.05, 0) is 49.3 Å². The number of likely N-dealkylation sites (tertiary alicyclic amines) is 1. The van der Waals surface area contributed by atoms with Gasteiger partial charge in [-0.1, -0.05) is 27.7 Å². The molecule has 1 saturated heterocycles. The highest BCUT2D eigenvalue weighted by atomic mass is 32.1. The van der Waals surface area contributed by atoms with E-state index in [-0.39, 0.29) is 35.0 Å². The number of thiazole rings is 1. The van der Waals surface area contributed by atoms with E-state index in [0.29, 0.717) is 36.8 Å². The predicted octanol–water partition coefficient (Wildman–Crippen LogP) is 6.11. The monoisotopic (exact) mass is 542 g/mol. The molecule has 0 N–H and O–H groups in total. The largest absolute Gasteiger partial charge is 0.434 e. The second-order valence-corrected chi connectivity index (χ2v) is 11.8. The zero-order valence-electron chi connectivity index (χ0n) is 22.4. The fraction of sp³-hybridized carbons (Fsp3) is 0.630. The number of aryl methyl sites for hydroxylation is 1. The summed E-state index contributed by atoms with van der Waals surface area (Å²) in [4.78, 5) is 21.0. The Balaban J connectivity index is 1.94. The maximum atomic E-state index is 14.0. The lowest BCUT2D eigenvalue weighted by Gasteiger charge is -2.48. The highest BCUT2D eigenvalue weighted by Crippen LogP contribution is 2.41. The lowest BCUT2D eigenvalue weighted by Crippen LogP contribution is -2.60. The van der Waals surface area contributed by atoms with Crippen LogP contribution in [0.25, 0.3) is 10.6 Å². The molecule has 2 atom stereocenters. The first-order valence-corrected chi connectivity index (χ1v) is 13.3. The van der Waals surface area contributed by atoms with E-state index < -0.39 is 18.0 Å². The number of carbonyl (C=O) groups excluding carboxylic acids is 1. The first kappa shape index (κ1) is 29.5. The molecule has 1 aromatic heterocycles. The summed E-state index contributed by atoms with van der Waals surface area (Å²) in [7, 11) is 1.51. The fourth-order valence-electron chi connectivity index (χ4n) is 4.67. The summed E-state index contributed by atoms with van der Waals surface area (Å²) in [5, 5.41) is 0.399. The third-order valence-corrected chi connectivity index (χ3v) is 7.95. The Morgan fingerprint density at radius 3 is 2.68 bits per heavy atom. The van der Waals surface area contributed by atoms with Crippen molar-refractivity contribution < 1.29 is 32.2 Å². The molecule has 3 rings (SSSR count). The summed E-state index contributed by atoms with van der Waals surface area (Å²) in [6.07, 6.45) is 1.40. The van der Waals surface area contributed by atoms with E-state index in [1.54, 1.807) is 0 Å². The van der Waals surface area contributed by atoms with Crippen LogP contribution in [-0.2, 0) is 20.8 Å². The molecule has 37 heavy (non-hydrogen) atoms. The van der Waals surface area contributed by atoms with Crippen LogP contribution in [0, 0.1) is 24.1 Å². The minimum Gasteiger partial charge on any atom is -0.434 e. The van der Waals surface area contributed by atoms with Crippen molar-refractivity contribution in [2.45, 2.75) is 66.2 Å². The van der Waals surface area contributed by atoms with Crippen LogP contribution < -0.4 is 4.74 Å². The molecule has 0 amide bonds. The Bertz CT molecular complexity index is 1070. The number of Topliss-reactive ketones (excluding diaryl/α,β-unsaturated/α-hetero) is 1. The minimum atomic E-state index is -3.03. The molecule has 0 aliphatic carbocycles. The van der Waals surface area contributed by atoms with Crippen LogP contribution in [0.4, 0.5) is 13.2 Å². The van der Waals surface area contributed by atoms with Gasteiger partial charge in [0.05, 0.1) is 11.3 Å². The van der Waals surface area contributed by atoms with Crippen LogP contribution >= 0.6 is 11.3 Å². The van der Waals surface area contributed by atoms with E-state index in [4.69, 9.17) is 9.47 Å². The summed E-state index contributed by atoms with van der Waals surface area (Å²) in [5.41, 5.74) is -0.149. The number of methoxy groups -OCH3 is 1. The van der Waals surface area contributed by atoms with Crippen LogP contribution in [0.5, 0.6) is 5.75 Å². The number of ketones is 1. The highest BCUT2D eigenvalue weighted by molar-refractivity contribution is 7.15. The number of halogens is 3. The van der Waals surface area contributed by atoms with Crippen LogP contribution in [0.1, 0.15) is 51.1 Å². The Labute approximate surface area is 221 Å². The van der Waals surface area contributed by atoms with Gasteiger partial charge in [-0.25, -0.2) is 9.37 Å². The van der Waals surface area contributed by atoms with E-state index in [9.17, 15) is 18.0 Å². The Hall–Kier alpha value is -2.01. The zero-order chi connectivity index (χ0) is 27.4. The van der Waals surface area contributed by atoms with Gasteiger partial charge in [-0.2, -0.15) is 8.78 Å². The first-order chi connectivity index (χ1) is 17.4. The number of hydrogen-bond acceptors (Lipinski definition) is 7. The number of benzene rings is 1. The standard InChI is InChI=1S/C27H37F3N2O4S/c1-7-10-35-27(23(33)15-34-6)12-18(26(3,4)5)13-32(16-27)14-22-17(2)31-24(37-22)20-11-19(28)8-9-21(20)36-25(29)30/h8-9,11,18,25H,7,10,12-16H2,1-6H3/t18-,27+/m1/s1. The summed E-state index contributed by atoms with van der Waals surface area (Å²) >= 11 is 1.31. The van der Waals surface area contributed by atoms with Crippen molar-refractivity contribution in [2.75, 3.05) is 33.4 Å². The maximum Gasteiger partial charge on any atom is 0.387 e. The third kappa shape index (κ3) is 7.31. The molecule has 0 unspecified atom stereocenters. The summed E-state index contributed by atoms with van der Waals surface area (Å²) < 4.78 is 56.0. The molecule has 0 bridgehead atoms. The van der Waals surface area contributed by atoms with Gasteiger partial charge in [-0.3, -0.25) is 9.69 Å². The van der Waals surface area contributed by atoms with E-state index >= 15 is 0 Å². The average Bonchev–Trinajstić information content (AvgIpc) is 3.17. The van der Waals surface area contributed by atoms with Gasteiger partial charge in [0.15, 0.2) is 5.78 Å². The van der Waals surface area contributed by atoms with Gasteiger partial charge < -0.3 is 14.2 Å². The Morgan fingerprint density at radius 1 is 1.32 bits per heavy atom. The summed E-state index contributed by atoms with van der Waals surface area (Å²) in [6, 6.07) is 3.42. The van der Waals surface area contributed by atoms with Crippen LogP contribution in [0.15, 0.2) is 18.2 Å². The van der Waals surface area contributed by atoms with E-state index in [0.717, 1.165) is 30.0 Å². The number of alkyl halides is 2. The highest BCUT2D eigenvalue weighted by Gasteiger charge is 2.48. The first-order valence-electron chi connectivity index (χ1n) is 12.5. The number of nitrogens with zero attached hydrogens (tertiary/aromatic N) is 2. The summed E-state index contributed by atoms with van der Waals surface area (Å²) in [6.45, 7) is 9.41. The van der Waals surface area contributed by atoms with Crippen molar-refractivity contribution in [2.24, 2.45) is 11.3 Å². The molecule has 0 spiro atoms. The summed E-state index contributed by atoms with van der Waals surface area (Å²) in [5.74, 6) is -0.581. The molecule has 0 radical (unpaired) electrons. The molecule has 2 aromatic rings. The van der Waals surface area contributed by atoms with Gasteiger partial charge in [-0.15, -0.1) is 11.3 Å². The second kappa shape index (κ2) is 12.2. The molecule has 1 aromatic carbocycles. The molecule has 1 fully saturated rings. The number of ether oxygens (including phenoxy) is 3. The molecule has 10 heteroatoms. The second-order valence-electron chi connectivity index (χ2n) is 10.7. The van der Waals surface area contributed by atoms with Gasteiger partial charge >= 0.3 is 6.61 Å². The van der Waals surface area contributed by atoms with Crippen LogP contribution in [0.3, 0.4) is 0 Å². The predicted molar refractivity (Wildman–Crippen MR) is 138 cm³/mol. The van der Waals surface area contributed by atoms with Crippen molar-refractivity contribution >= 4 is 17.1 Å². The SMILES string of the molecule is CCCO[C@@]1(C(=O)COC)C[C@@H](C(C)(C)C)CN(Cc2sc(-c3cc(F)ccc3OC(F)F)nc2C)C1. The number of rotatable bonds is 11. The van der Waals surface area contributed by atoms with Crippen LogP contribution in [0.2, 0.25) is 0 Å². The van der Waals surface area contributed by atoms with E-state index in [1.165, 1.54) is 24.5 Å². The smallest absolute Gasteiger partial charge is 0.387 e. The fourth-order valence-corrected chi connectivity index (χ4v) is 5.80. The molecule has 0 saturated carbocycles. The normalized spacial score (nSPS) is 21.0. The number of aromatic nitrogens is 1. The molecule has 2 heterocycles. The van der Waals surface area contributed by atoms with Crippen molar-refractivity contribution in [1.82, 2.24) is 9.88 Å². The van der Waals surface area contributed by atoms with Crippen molar-refractivity contribution in [3.8, 4) is 16.3 Å². The maximum absolute atomic E-state index is 14.0. The zero-order valence-corrected chi connectivity index (χ0v) is 23.2. The van der Waals surface area contributed by atoms with Gasteiger partial charge in [0, 0.05) is 38.2 Å². The lowest BCUT2D eigenvalue weighted by molar-refractivity contribution is -0.165. The van der Waals surface area contributed by atoms with Gasteiger partial charge in [0.1, 0.15) is 28.8 Å². The van der Waals surface area contributed by atoms with Gasteiger partial charge in [0.2, 0.25) is 0 Å². The molecule has 1 aliphatic heterocycles. The minimum absolute atomic E-state index is 0.0232. The van der Waals surface area contributed by atoms with Crippen molar-refractivity contribution in [3.63, 3.8) is 0 Å². The molecular weight excluding hydrogens is 505 g/mol. The molecule has 6 nitrogen and oxygen atoms in total. The Morgan fingerprint density at radius 2 is 2.05 bits per heavy atom. The van der Waals surface area contributed by atoms with E-state index in [1.807, 2.05) is 13.8 Å². The van der Waals surface area contributed by atoms with E-state index in [2.05, 4.69) is 35.4 Å². The molecule has 1 aliphatic rings. The number of hydrogen-bond donors (Lipinski definition) is 0. The lowest BCUT2D eigenvalue weighted by atomic mass is 9.70. The van der Waals surface area contributed by atoms with Crippen LogP contribution in [-0.4, -0.2) is 61.3 Å². The number of piperidine rings is 1. The molecular formula is C27H37F3N2O4S. The van der Waals surface area contributed by atoms with Gasteiger partial charge in [0.25, 0.3) is 0 Å². The van der Waals surface area contributed by atoms with Crippen molar-refractivity contribution in [1.29, 1.82) is 0 Å². The topological polar surface area (TPSA) is 60.9 Å². The quantitative estimate of drug-likeness (QED) is 0.342. The van der Waals surface area contributed by atoms with Crippen molar-refractivity contribution in [3.05, 3.63) is 34.6 Å². The average molecular weight is 543 g/mol.